The predicted molar refractivity (Wildman–Crippen MR) is 56.1 cm³/mol. The highest BCUT2D eigenvalue weighted by molar-refractivity contribution is 7.15. The van der Waals surface area contributed by atoms with Crippen molar-refractivity contribution in [2.24, 2.45) is 0 Å². The molecule has 0 aliphatic carbocycles. The van der Waals surface area contributed by atoms with Gasteiger partial charge in [0.2, 0.25) is 0 Å². The number of thiazole rings is 1. The second kappa shape index (κ2) is 3.48. The van der Waals surface area contributed by atoms with Crippen molar-refractivity contribution in [2.75, 3.05) is 0 Å². The van der Waals surface area contributed by atoms with Gasteiger partial charge in [0.05, 0.1) is 5.02 Å². The molecule has 1 radical (unpaired) electrons. The van der Waals surface area contributed by atoms with Crippen molar-refractivity contribution in [2.45, 2.75) is 6.92 Å². The van der Waals surface area contributed by atoms with Gasteiger partial charge in [0.25, 0.3) is 0 Å². The molecule has 0 aliphatic rings. The molecule has 1 aromatic heterocycles. The second-order valence-corrected chi connectivity index (χ2v) is 4.28. The molecule has 1 nitrogen and oxygen atoms in total. The number of rotatable bonds is 1. The average Bonchev–Trinajstić information content (AvgIpc) is 2.53. The Morgan fingerprint density at radius 2 is 2.15 bits per heavy atom. The van der Waals surface area contributed by atoms with Crippen molar-refractivity contribution in [3.63, 3.8) is 0 Å². The van der Waals surface area contributed by atoms with Crippen LogP contribution in [0.25, 0.3) is 10.6 Å². The summed E-state index contributed by atoms with van der Waals surface area (Å²) in [6.45, 7) is 1.98. The normalized spacial score (nSPS) is 10.3. The van der Waals surface area contributed by atoms with E-state index in [-0.39, 0.29) is 0 Å². The molecule has 65 valence electrons. The summed E-state index contributed by atoms with van der Waals surface area (Å²) in [5.41, 5.74) is 0.985. The first-order valence-corrected chi connectivity index (χ1v) is 5.07. The zero-order valence-corrected chi connectivity index (χ0v) is 8.62. The SMILES string of the molecule is Cc1[c]nc(-c2ccccc2Cl)s1. The Kier molecular flexibility index (Phi) is 2.34. The quantitative estimate of drug-likeness (QED) is 0.698. The third-order valence-electron chi connectivity index (χ3n) is 1.67. The number of benzene rings is 1. The van der Waals surface area contributed by atoms with Gasteiger partial charge in [-0.3, -0.25) is 0 Å². The Hall–Kier alpha value is -0.860. The summed E-state index contributed by atoms with van der Waals surface area (Å²) in [5.74, 6) is 0. The van der Waals surface area contributed by atoms with E-state index in [9.17, 15) is 0 Å². The van der Waals surface area contributed by atoms with Gasteiger partial charge in [0, 0.05) is 10.4 Å². The molecule has 0 unspecified atom stereocenters. The molecule has 0 amide bonds. The molecule has 0 spiro atoms. The maximum Gasteiger partial charge on any atom is 0.125 e. The minimum absolute atomic E-state index is 0.741. The summed E-state index contributed by atoms with van der Waals surface area (Å²) in [7, 11) is 0. The third kappa shape index (κ3) is 1.74. The predicted octanol–water partition coefficient (Wildman–Crippen LogP) is 3.57. The zero-order valence-electron chi connectivity index (χ0n) is 7.04. The van der Waals surface area contributed by atoms with E-state index in [0.717, 1.165) is 20.5 Å². The van der Waals surface area contributed by atoms with Crippen LogP contribution in [0.3, 0.4) is 0 Å². The van der Waals surface area contributed by atoms with Crippen LogP contribution in [0.2, 0.25) is 5.02 Å². The van der Waals surface area contributed by atoms with Gasteiger partial charge in [-0.15, -0.1) is 11.3 Å². The van der Waals surface area contributed by atoms with Crippen molar-refractivity contribution >= 4 is 22.9 Å². The molecule has 0 fully saturated rings. The standard InChI is InChI=1S/C10H7ClNS/c1-7-6-12-10(13-7)8-4-2-3-5-9(8)11/h2-5H,1H3. The molecule has 1 aromatic carbocycles. The first-order valence-electron chi connectivity index (χ1n) is 3.87. The van der Waals surface area contributed by atoms with Gasteiger partial charge in [-0.05, 0) is 13.0 Å². The number of hydrogen-bond donors (Lipinski definition) is 0. The number of nitrogens with zero attached hydrogens (tertiary/aromatic N) is 1. The van der Waals surface area contributed by atoms with Crippen LogP contribution in [0.5, 0.6) is 0 Å². The lowest BCUT2D eigenvalue weighted by atomic mass is 10.2. The van der Waals surface area contributed by atoms with E-state index in [2.05, 4.69) is 11.2 Å². The molecule has 0 bridgehead atoms. The third-order valence-corrected chi connectivity index (χ3v) is 2.90. The van der Waals surface area contributed by atoms with Gasteiger partial charge < -0.3 is 0 Å². The molecular weight excluding hydrogens is 202 g/mol. The van der Waals surface area contributed by atoms with Gasteiger partial charge in [0.15, 0.2) is 0 Å². The smallest absolute Gasteiger partial charge is 0.125 e. The largest absolute Gasteiger partial charge is 0.234 e. The van der Waals surface area contributed by atoms with Crippen LogP contribution in [0.4, 0.5) is 0 Å². The minimum atomic E-state index is 0.741. The van der Waals surface area contributed by atoms with Crippen LogP contribution in [0.15, 0.2) is 24.3 Å². The van der Waals surface area contributed by atoms with E-state index >= 15 is 0 Å². The molecule has 3 heteroatoms. The number of hydrogen-bond acceptors (Lipinski definition) is 2. The Morgan fingerprint density at radius 3 is 2.77 bits per heavy atom. The van der Waals surface area contributed by atoms with E-state index in [1.807, 2.05) is 31.2 Å². The number of aromatic nitrogens is 1. The fourth-order valence-corrected chi connectivity index (χ4v) is 2.11. The fourth-order valence-electron chi connectivity index (χ4n) is 1.07. The summed E-state index contributed by atoms with van der Waals surface area (Å²) < 4.78 is 0. The van der Waals surface area contributed by atoms with Crippen LogP contribution >= 0.6 is 22.9 Å². The average molecular weight is 209 g/mol. The molecule has 13 heavy (non-hydrogen) atoms. The highest BCUT2D eigenvalue weighted by Crippen LogP contribution is 2.30. The second-order valence-electron chi connectivity index (χ2n) is 2.67. The zero-order chi connectivity index (χ0) is 9.26. The van der Waals surface area contributed by atoms with Gasteiger partial charge in [-0.2, -0.15) is 0 Å². The molecule has 0 aliphatic heterocycles. The lowest BCUT2D eigenvalue weighted by Crippen LogP contribution is -1.75. The molecule has 1 heterocycles. The van der Waals surface area contributed by atoms with Crippen molar-refractivity contribution in [1.29, 1.82) is 0 Å². The molecular formula is C10H7ClNS. The van der Waals surface area contributed by atoms with E-state index in [0.29, 0.717) is 0 Å². The monoisotopic (exact) mass is 208 g/mol. The summed E-state index contributed by atoms with van der Waals surface area (Å²) >= 11 is 7.62. The van der Waals surface area contributed by atoms with Gasteiger partial charge in [0.1, 0.15) is 11.2 Å². The Balaban J connectivity index is 2.52. The summed E-state index contributed by atoms with van der Waals surface area (Å²) in [4.78, 5) is 5.23. The molecule has 2 rings (SSSR count). The van der Waals surface area contributed by atoms with E-state index in [4.69, 9.17) is 11.6 Å². The van der Waals surface area contributed by atoms with E-state index in [1.165, 1.54) is 0 Å². The van der Waals surface area contributed by atoms with Crippen LogP contribution in [-0.4, -0.2) is 4.98 Å². The molecule has 2 aromatic rings. The Bertz CT molecular complexity index is 422. The van der Waals surface area contributed by atoms with Crippen LogP contribution in [-0.2, 0) is 0 Å². The van der Waals surface area contributed by atoms with Gasteiger partial charge in [-0.1, -0.05) is 29.8 Å². The van der Waals surface area contributed by atoms with E-state index in [1.54, 1.807) is 11.3 Å². The first-order chi connectivity index (χ1) is 6.27. The van der Waals surface area contributed by atoms with Crippen LogP contribution in [0, 0.1) is 13.1 Å². The van der Waals surface area contributed by atoms with Crippen molar-refractivity contribution in [3.05, 3.63) is 40.4 Å². The summed E-state index contributed by atoms with van der Waals surface area (Å²) in [5, 5.41) is 1.67. The van der Waals surface area contributed by atoms with Crippen LogP contribution < -0.4 is 0 Å². The fraction of sp³-hybridized carbons (Fsp3) is 0.100. The van der Waals surface area contributed by atoms with Gasteiger partial charge >= 0.3 is 0 Å². The van der Waals surface area contributed by atoms with Crippen molar-refractivity contribution < 1.29 is 0 Å². The number of halogens is 1. The van der Waals surface area contributed by atoms with E-state index < -0.39 is 0 Å². The number of aryl methyl sites for hydroxylation is 1. The maximum atomic E-state index is 6.02. The Labute approximate surface area is 86.0 Å². The summed E-state index contributed by atoms with van der Waals surface area (Å²) in [6, 6.07) is 7.70. The molecule has 0 saturated carbocycles. The van der Waals surface area contributed by atoms with Crippen LogP contribution in [0.1, 0.15) is 4.88 Å². The lowest BCUT2D eigenvalue weighted by molar-refractivity contribution is 1.36. The van der Waals surface area contributed by atoms with Crippen molar-refractivity contribution in [1.82, 2.24) is 4.98 Å². The molecule has 0 atom stereocenters. The Morgan fingerprint density at radius 1 is 1.38 bits per heavy atom. The highest BCUT2D eigenvalue weighted by atomic mass is 35.5. The summed E-state index contributed by atoms with van der Waals surface area (Å²) in [6.07, 6.45) is 2.90. The lowest BCUT2D eigenvalue weighted by Gasteiger charge is -1.97. The first kappa shape index (κ1) is 8.73. The topological polar surface area (TPSA) is 12.9 Å². The maximum absolute atomic E-state index is 6.02. The van der Waals surface area contributed by atoms with Crippen molar-refractivity contribution in [3.8, 4) is 10.6 Å². The highest BCUT2D eigenvalue weighted by Gasteiger charge is 2.05. The molecule has 0 saturated heterocycles. The molecule has 0 N–H and O–H groups in total. The minimum Gasteiger partial charge on any atom is -0.234 e. The van der Waals surface area contributed by atoms with Gasteiger partial charge in [-0.25, -0.2) is 4.98 Å².